The number of hydrogen-bond acceptors (Lipinski definition) is 4. The zero-order valence-corrected chi connectivity index (χ0v) is 14.7. The number of fused-ring (bicyclic) bond motifs is 1. The second-order valence-electron chi connectivity index (χ2n) is 6.65. The van der Waals surface area contributed by atoms with Crippen molar-refractivity contribution in [3.05, 3.63) is 60.0 Å². The summed E-state index contributed by atoms with van der Waals surface area (Å²) in [6, 6.07) is 13.8. The Balaban J connectivity index is 1.39. The van der Waals surface area contributed by atoms with E-state index in [4.69, 9.17) is 10.2 Å². The molecular weight excluding hydrogens is 344 g/mol. The average Bonchev–Trinajstić information content (AvgIpc) is 3.12. The molecule has 2 heterocycles. The number of nitrogens with zero attached hydrogens (tertiary/aromatic N) is 2. The third kappa shape index (κ3) is 3.62. The number of nitrogens with two attached hydrogens (primary N) is 1. The first-order valence-electron chi connectivity index (χ1n) is 8.91. The zero-order chi connectivity index (χ0) is 18.8. The van der Waals surface area contributed by atoms with Crippen molar-refractivity contribution >= 4 is 28.7 Å². The van der Waals surface area contributed by atoms with Gasteiger partial charge < -0.3 is 20.4 Å². The molecule has 0 saturated carbocycles. The summed E-state index contributed by atoms with van der Waals surface area (Å²) in [5.41, 5.74) is 7.91. The molecule has 7 nitrogen and oxygen atoms in total. The average molecular weight is 364 g/mol. The molecule has 1 aliphatic rings. The molecule has 27 heavy (non-hydrogen) atoms. The lowest BCUT2D eigenvalue weighted by Crippen LogP contribution is -2.38. The first-order chi connectivity index (χ1) is 13.1. The van der Waals surface area contributed by atoms with Crippen molar-refractivity contribution in [3.63, 3.8) is 0 Å². The molecule has 1 saturated heterocycles. The van der Waals surface area contributed by atoms with Gasteiger partial charge in [-0.3, -0.25) is 4.79 Å². The van der Waals surface area contributed by atoms with E-state index in [-0.39, 0.29) is 11.8 Å². The monoisotopic (exact) mass is 364 g/mol. The molecule has 1 aromatic heterocycles. The second kappa shape index (κ2) is 7.11. The van der Waals surface area contributed by atoms with E-state index in [1.54, 1.807) is 24.3 Å². The molecule has 3 N–H and O–H groups in total. The maximum Gasteiger partial charge on any atom is 0.316 e. The van der Waals surface area contributed by atoms with Gasteiger partial charge in [-0.1, -0.05) is 12.1 Å². The number of likely N-dealkylation sites (tertiary alicyclic amines) is 1. The van der Waals surface area contributed by atoms with Gasteiger partial charge in [0.15, 0.2) is 11.5 Å². The molecule has 3 amide bonds. The highest BCUT2D eigenvalue weighted by atomic mass is 16.3. The number of rotatable bonds is 3. The van der Waals surface area contributed by atoms with Crippen molar-refractivity contribution in [2.24, 2.45) is 5.73 Å². The highest BCUT2D eigenvalue weighted by Crippen LogP contribution is 2.30. The van der Waals surface area contributed by atoms with Crippen molar-refractivity contribution in [3.8, 4) is 0 Å². The van der Waals surface area contributed by atoms with Crippen LogP contribution in [-0.2, 0) is 0 Å². The van der Waals surface area contributed by atoms with Crippen LogP contribution in [0.3, 0.4) is 0 Å². The number of oxazole rings is 1. The highest BCUT2D eigenvalue weighted by molar-refractivity contribution is 5.95. The summed E-state index contributed by atoms with van der Waals surface area (Å²) >= 11 is 0. The summed E-state index contributed by atoms with van der Waals surface area (Å²) in [7, 11) is 0. The molecule has 1 aliphatic heterocycles. The van der Waals surface area contributed by atoms with Gasteiger partial charge in [-0.25, -0.2) is 9.78 Å². The molecule has 0 spiro atoms. The molecule has 0 radical (unpaired) electrons. The van der Waals surface area contributed by atoms with E-state index in [1.807, 2.05) is 29.2 Å². The van der Waals surface area contributed by atoms with Gasteiger partial charge in [0.1, 0.15) is 5.52 Å². The quantitative estimate of drug-likeness (QED) is 0.744. The minimum absolute atomic E-state index is 0.0170. The second-order valence-corrected chi connectivity index (χ2v) is 6.65. The third-order valence-electron chi connectivity index (χ3n) is 4.84. The fraction of sp³-hybridized carbons (Fsp3) is 0.250. The molecule has 138 valence electrons. The molecule has 0 bridgehead atoms. The number of primary amides is 1. The fourth-order valence-corrected chi connectivity index (χ4v) is 3.42. The molecule has 0 unspecified atom stereocenters. The van der Waals surface area contributed by atoms with Crippen LogP contribution in [0.5, 0.6) is 0 Å². The van der Waals surface area contributed by atoms with Crippen LogP contribution in [-0.4, -0.2) is 34.9 Å². The van der Waals surface area contributed by atoms with Gasteiger partial charge >= 0.3 is 6.03 Å². The van der Waals surface area contributed by atoms with Gasteiger partial charge in [0.05, 0.1) is 0 Å². The number of carbonyl (C=O) groups excluding carboxylic acids is 2. The number of urea groups is 1. The van der Waals surface area contributed by atoms with E-state index in [9.17, 15) is 9.59 Å². The maximum absolute atomic E-state index is 12.7. The van der Waals surface area contributed by atoms with E-state index >= 15 is 0 Å². The lowest BCUT2D eigenvalue weighted by Gasteiger charge is -2.30. The zero-order valence-electron chi connectivity index (χ0n) is 14.7. The van der Waals surface area contributed by atoms with Gasteiger partial charge in [-0.05, 0) is 49.2 Å². The molecule has 4 rings (SSSR count). The van der Waals surface area contributed by atoms with Crippen molar-refractivity contribution in [1.82, 2.24) is 9.88 Å². The number of para-hydroxylation sites is 2. The largest absolute Gasteiger partial charge is 0.440 e. The predicted molar refractivity (Wildman–Crippen MR) is 102 cm³/mol. The van der Waals surface area contributed by atoms with Crippen LogP contribution < -0.4 is 11.1 Å². The lowest BCUT2D eigenvalue weighted by molar-refractivity contribution is 0.0707. The van der Waals surface area contributed by atoms with Gasteiger partial charge in [0.25, 0.3) is 5.91 Å². The van der Waals surface area contributed by atoms with Crippen molar-refractivity contribution in [2.45, 2.75) is 18.8 Å². The topological polar surface area (TPSA) is 101 Å². The Morgan fingerprint density at radius 3 is 2.44 bits per heavy atom. The summed E-state index contributed by atoms with van der Waals surface area (Å²) in [6.07, 6.45) is 1.64. The van der Waals surface area contributed by atoms with Crippen molar-refractivity contribution in [1.29, 1.82) is 0 Å². The van der Waals surface area contributed by atoms with Crippen molar-refractivity contribution < 1.29 is 14.0 Å². The molecule has 3 aromatic rings. The van der Waals surface area contributed by atoms with Crippen molar-refractivity contribution in [2.75, 3.05) is 18.4 Å². The fourth-order valence-electron chi connectivity index (χ4n) is 3.42. The van der Waals surface area contributed by atoms with Gasteiger partial charge in [-0.15, -0.1) is 0 Å². The number of carbonyl (C=O) groups is 2. The summed E-state index contributed by atoms with van der Waals surface area (Å²) < 4.78 is 5.87. The molecule has 1 fully saturated rings. The van der Waals surface area contributed by atoms with Crippen LogP contribution in [0, 0.1) is 0 Å². The first-order valence-corrected chi connectivity index (χ1v) is 8.91. The number of piperidine rings is 1. The molecule has 0 atom stereocenters. The standard InChI is InChI=1S/C20H20N4O3/c21-20(26)22-15-7-5-14(6-8-15)19(25)24-11-9-13(10-12-24)18-23-16-3-1-2-4-17(16)27-18/h1-8,13H,9-12H2,(H3,21,22,26). The summed E-state index contributed by atoms with van der Waals surface area (Å²) in [6.45, 7) is 1.31. The number of amides is 3. The van der Waals surface area contributed by atoms with Crippen LogP contribution >= 0.6 is 0 Å². The third-order valence-corrected chi connectivity index (χ3v) is 4.84. The smallest absolute Gasteiger partial charge is 0.316 e. The SMILES string of the molecule is NC(=O)Nc1ccc(C(=O)N2CCC(c3nc4ccccc4o3)CC2)cc1. The molecule has 7 heteroatoms. The van der Waals surface area contributed by atoms with Crippen LogP contribution in [0.25, 0.3) is 11.1 Å². The van der Waals surface area contributed by atoms with E-state index in [0.717, 1.165) is 29.8 Å². The van der Waals surface area contributed by atoms with Crippen LogP contribution in [0.4, 0.5) is 10.5 Å². The Labute approximate surface area is 156 Å². The van der Waals surface area contributed by atoms with Crippen LogP contribution in [0.1, 0.15) is 35.0 Å². The Kier molecular flexibility index (Phi) is 4.50. The van der Waals surface area contributed by atoms with Gasteiger partial charge in [0, 0.05) is 30.3 Å². The number of aromatic nitrogens is 1. The summed E-state index contributed by atoms with van der Waals surface area (Å²) in [4.78, 5) is 30.0. The highest BCUT2D eigenvalue weighted by Gasteiger charge is 2.27. The Morgan fingerprint density at radius 2 is 1.78 bits per heavy atom. The predicted octanol–water partition coefficient (Wildman–Crippen LogP) is 3.34. The molecule has 0 aliphatic carbocycles. The lowest BCUT2D eigenvalue weighted by atomic mass is 9.96. The van der Waals surface area contributed by atoms with Crippen LogP contribution in [0.15, 0.2) is 52.9 Å². The minimum atomic E-state index is -0.629. The summed E-state index contributed by atoms with van der Waals surface area (Å²) in [5, 5.41) is 2.48. The molecular formula is C20H20N4O3. The molecule has 2 aromatic carbocycles. The number of anilines is 1. The number of hydrogen-bond donors (Lipinski definition) is 2. The van der Waals surface area contributed by atoms with Gasteiger partial charge in [-0.2, -0.15) is 0 Å². The minimum Gasteiger partial charge on any atom is -0.440 e. The van der Waals surface area contributed by atoms with Crippen LogP contribution in [0.2, 0.25) is 0 Å². The number of benzene rings is 2. The Hall–Kier alpha value is -3.35. The van der Waals surface area contributed by atoms with E-state index in [0.29, 0.717) is 24.3 Å². The van der Waals surface area contributed by atoms with Gasteiger partial charge in [0.2, 0.25) is 0 Å². The van der Waals surface area contributed by atoms with E-state index < -0.39 is 6.03 Å². The Morgan fingerprint density at radius 1 is 1.07 bits per heavy atom. The van der Waals surface area contributed by atoms with E-state index in [2.05, 4.69) is 10.3 Å². The Bertz CT molecular complexity index is 939. The number of nitrogens with one attached hydrogen (secondary N) is 1. The maximum atomic E-state index is 12.7. The van der Waals surface area contributed by atoms with E-state index in [1.165, 1.54) is 0 Å². The first kappa shape index (κ1) is 17.1. The summed E-state index contributed by atoms with van der Waals surface area (Å²) in [5.74, 6) is 0.963. The normalized spacial score (nSPS) is 15.0.